The molecule has 0 radical (unpaired) electrons. The van der Waals surface area contributed by atoms with E-state index in [0.29, 0.717) is 16.1 Å². The molecule has 0 bridgehead atoms. The fraction of sp³-hybridized carbons (Fsp3) is 0.462. The Morgan fingerprint density at radius 1 is 1.32 bits per heavy atom. The van der Waals surface area contributed by atoms with Gasteiger partial charge in [-0.15, -0.1) is 0 Å². The lowest BCUT2D eigenvalue weighted by Crippen LogP contribution is -2.28. The molecule has 2 N–H and O–H groups in total. The fourth-order valence-electron chi connectivity index (χ4n) is 2.86. The Morgan fingerprint density at radius 2 is 2.09 bits per heavy atom. The lowest BCUT2D eigenvalue weighted by Gasteiger charge is -2.23. The minimum atomic E-state index is -0.723. The maximum absolute atomic E-state index is 9.48. The van der Waals surface area contributed by atoms with Crippen molar-refractivity contribution >= 4 is 11.2 Å². The van der Waals surface area contributed by atoms with E-state index in [0.717, 1.165) is 6.33 Å². The van der Waals surface area contributed by atoms with E-state index in [4.69, 9.17) is 19.6 Å². The Kier molecular flexibility index (Phi) is 2.46. The van der Waals surface area contributed by atoms with Crippen LogP contribution in [0.25, 0.3) is 11.2 Å². The predicted octanol–water partition coefficient (Wildman–Crippen LogP) is 0.512. The van der Waals surface area contributed by atoms with Crippen molar-refractivity contribution in [2.24, 2.45) is 0 Å². The second kappa shape index (κ2) is 4.08. The maximum Gasteiger partial charge on any atom is 0.207 e. The zero-order chi connectivity index (χ0) is 15.6. The highest BCUT2D eigenvalue weighted by atomic mass is 16.8. The van der Waals surface area contributed by atoms with Crippen LogP contribution in [0.3, 0.4) is 0 Å². The molecule has 4 heterocycles. The predicted molar refractivity (Wildman–Crippen MR) is 71.6 cm³/mol. The van der Waals surface area contributed by atoms with Gasteiger partial charge in [0.05, 0.1) is 0 Å². The van der Waals surface area contributed by atoms with Crippen LogP contribution in [0.4, 0.5) is 0 Å². The molecular formula is C13H15N5O4. The average Bonchev–Trinajstić information content (AvgIpc) is 3.08. The minimum absolute atomic E-state index is 0.152. The van der Waals surface area contributed by atoms with Crippen LogP contribution < -0.4 is 5.49 Å². The van der Waals surface area contributed by atoms with Crippen LogP contribution >= 0.6 is 0 Å². The summed E-state index contributed by atoms with van der Waals surface area (Å²) in [5, 5.41) is 17.3. The molecule has 0 aromatic carbocycles. The third-order valence-corrected chi connectivity index (χ3v) is 3.78. The van der Waals surface area contributed by atoms with Crippen LogP contribution in [0.1, 0.15) is 20.1 Å². The summed E-state index contributed by atoms with van der Waals surface area (Å²) in [6.45, 7) is 7.53. The van der Waals surface area contributed by atoms with E-state index in [1.807, 2.05) is 13.8 Å². The van der Waals surface area contributed by atoms with Crippen molar-refractivity contribution in [3.05, 3.63) is 30.5 Å². The number of rotatable bonds is 1. The molecule has 2 fully saturated rings. The first-order valence-electron chi connectivity index (χ1n) is 6.76. The van der Waals surface area contributed by atoms with Crippen LogP contribution in [0.15, 0.2) is 25.0 Å². The van der Waals surface area contributed by atoms with Gasteiger partial charge in [-0.25, -0.2) is 9.97 Å². The van der Waals surface area contributed by atoms with Gasteiger partial charge in [0.1, 0.15) is 24.5 Å². The first-order valence-corrected chi connectivity index (χ1v) is 6.76. The topological polar surface area (TPSA) is 107 Å². The largest absolute Gasteiger partial charge is 0.469 e. The summed E-state index contributed by atoms with van der Waals surface area (Å²) >= 11 is 0. The molecular weight excluding hydrogens is 290 g/mol. The third kappa shape index (κ3) is 1.69. The molecule has 0 unspecified atom stereocenters. The van der Waals surface area contributed by atoms with Gasteiger partial charge in [-0.2, -0.15) is 4.73 Å². The van der Waals surface area contributed by atoms with Gasteiger partial charge < -0.3 is 19.4 Å². The van der Waals surface area contributed by atoms with Crippen molar-refractivity contribution in [2.45, 2.75) is 38.1 Å². The zero-order valence-corrected chi connectivity index (χ0v) is 12.1. The van der Waals surface area contributed by atoms with Gasteiger partial charge in [0.25, 0.3) is 0 Å². The summed E-state index contributed by atoms with van der Waals surface area (Å²) in [5.74, 6) is -0.236. The highest BCUT2D eigenvalue weighted by Crippen LogP contribution is 2.44. The van der Waals surface area contributed by atoms with Gasteiger partial charge in [-0.1, -0.05) is 6.58 Å². The van der Waals surface area contributed by atoms with Crippen molar-refractivity contribution in [3.63, 3.8) is 0 Å². The molecule has 9 nitrogen and oxygen atoms in total. The summed E-state index contributed by atoms with van der Waals surface area (Å²) < 4.78 is 19.7. The molecule has 2 aromatic rings. The van der Waals surface area contributed by atoms with Crippen LogP contribution in [0.2, 0.25) is 0 Å². The van der Waals surface area contributed by atoms with Gasteiger partial charge in [0.2, 0.25) is 6.23 Å². The smallest absolute Gasteiger partial charge is 0.207 e. The molecule has 2 aromatic heterocycles. The van der Waals surface area contributed by atoms with E-state index in [-0.39, 0.29) is 23.2 Å². The Morgan fingerprint density at radius 3 is 2.86 bits per heavy atom. The van der Waals surface area contributed by atoms with Crippen molar-refractivity contribution < 1.29 is 19.4 Å². The van der Waals surface area contributed by atoms with E-state index in [2.05, 4.69) is 16.5 Å². The third-order valence-electron chi connectivity index (χ3n) is 3.78. The Labute approximate surface area is 124 Å². The van der Waals surface area contributed by atoms with E-state index in [1.54, 1.807) is 4.57 Å². The average molecular weight is 305 g/mol. The molecule has 2 aliphatic heterocycles. The number of hydrogen-bond donors (Lipinski definition) is 2. The summed E-state index contributed by atoms with van der Waals surface area (Å²) in [5.41, 5.74) is 0.531. The molecule has 3 atom stereocenters. The number of nitrogens with one attached hydrogen (secondary N) is 1. The highest BCUT2D eigenvalue weighted by molar-refractivity contribution is 5.68. The molecule has 0 saturated carbocycles. The molecule has 2 saturated heterocycles. The highest BCUT2D eigenvalue weighted by Gasteiger charge is 2.54. The normalized spacial score (nSPS) is 29.7. The zero-order valence-electron chi connectivity index (χ0n) is 12.1. The number of imidazole rings is 1. The summed E-state index contributed by atoms with van der Waals surface area (Å²) in [4.78, 5) is 8.23. The van der Waals surface area contributed by atoms with E-state index < -0.39 is 12.0 Å². The molecule has 9 heteroatoms. The molecule has 0 aliphatic carbocycles. The number of ether oxygens (including phenoxy) is 3. The molecule has 4 rings (SSSR count). The van der Waals surface area contributed by atoms with Crippen molar-refractivity contribution in [3.8, 4) is 0 Å². The summed E-state index contributed by atoms with van der Waals surface area (Å²) in [6.07, 6.45) is 1.37. The fourth-order valence-corrected chi connectivity index (χ4v) is 2.86. The van der Waals surface area contributed by atoms with Crippen molar-refractivity contribution in [1.82, 2.24) is 19.3 Å². The van der Waals surface area contributed by atoms with Crippen LogP contribution in [0.5, 0.6) is 0 Å². The molecule has 0 amide bonds. The van der Waals surface area contributed by atoms with Gasteiger partial charge in [0, 0.05) is 0 Å². The van der Waals surface area contributed by atoms with Crippen molar-refractivity contribution in [1.29, 1.82) is 5.41 Å². The van der Waals surface area contributed by atoms with Gasteiger partial charge in [-0.05, 0) is 13.8 Å². The number of hydrogen-bond acceptors (Lipinski definition) is 7. The van der Waals surface area contributed by atoms with Crippen molar-refractivity contribution in [2.75, 3.05) is 0 Å². The lowest BCUT2D eigenvalue weighted by atomic mass is 10.2. The molecule has 116 valence electrons. The first kappa shape index (κ1) is 13.3. The Balaban J connectivity index is 1.81. The molecule has 0 spiro atoms. The second-order valence-corrected chi connectivity index (χ2v) is 5.76. The lowest BCUT2D eigenvalue weighted by molar-refractivity contribution is -0.173. The van der Waals surface area contributed by atoms with Gasteiger partial charge >= 0.3 is 0 Å². The quantitative estimate of drug-likeness (QED) is 0.743. The first-order chi connectivity index (χ1) is 10.4. The number of fused-ring (bicyclic) bond motifs is 2. The number of nitrogens with zero attached hydrogens (tertiary/aromatic N) is 4. The Bertz CT molecular complexity index is 839. The van der Waals surface area contributed by atoms with Crippen LogP contribution in [-0.2, 0) is 14.2 Å². The monoisotopic (exact) mass is 305 g/mol. The minimum Gasteiger partial charge on any atom is -0.469 e. The Hall–Kier alpha value is -2.39. The standard InChI is InChI=1S/C13H15N5O4/c1-6-8-9(22-13(2,3)21-8)12(20-6)17-4-15-7-10(14)18(19)5-16-11(7)17/h4-5,8-9,12,14,19H,1H2,2-3H3/t8-,9+,12-/m0/s1. The van der Waals surface area contributed by atoms with Gasteiger partial charge in [-0.3, -0.25) is 9.98 Å². The van der Waals surface area contributed by atoms with E-state index >= 15 is 0 Å². The molecule has 22 heavy (non-hydrogen) atoms. The molecule has 2 aliphatic rings. The maximum atomic E-state index is 9.48. The van der Waals surface area contributed by atoms with E-state index in [1.165, 1.54) is 6.33 Å². The number of aromatic nitrogens is 4. The SMILES string of the molecule is C=C1O[C@H](n2cnc3c(=N)n(O)cnc32)[C@@H]2OC(C)(C)O[C@@H]12. The van der Waals surface area contributed by atoms with Crippen LogP contribution in [-0.4, -0.2) is 42.5 Å². The summed E-state index contributed by atoms with van der Waals surface area (Å²) in [6, 6.07) is 0. The van der Waals surface area contributed by atoms with Gasteiger partial charge in [0.15, 0.2) is 28.5 Å². The van der Waals surface area contributed by atoms with Crippen LogP contribution in [0, 0.1) is 5.41 Å². The summed E-state index contributed by atoms with van der Waals surface area (Å²) in [7, 11) is 0. The van der Waals surface area contributed by atoms with E-state index in [9.17, 15) is 5.21 Å². The second-order valence-electron chi connectivity index (χ2n) is 5.76.